The molecule has 1 atom stereocenters. The van der Waals surface area contributed by atoms with E-state index in [2.05, 4.69) is 5.32 Å². The fourth-order valence-electron chi connectivity index (χ4n) is 2.71. The maximum atomic E-state index is 12.8. The summed E-state index contributed by atoms with van der Waals surface area (Å²) in [5.74, 6) is 0. The number of rotatable bonds is 10. The van der Waals surface area contributed by atoms with Crippen molar-refractivity contribution >= 4 is 10.2 Å². The highest BCUT2D eigenvalue weighted by Crippen LogP contribution is 2.15. The van der Waals surface area contributed by atoms with E-state index in [-0.39, 0.29) is 0 Å². The molecule has 0 aromatic rings. The molecular formula is C14H31N3O2S. The quantitative estimate of drug-likeness (QED) is 0.670. The Morgan fingerprint density at radius 2 is 1.55 bits per heavy atom. The topological polar surface area (TPSA) is 52.7 Å². The fraction of sp³-hybridized carbons (Fsp3) is 1.00. The van der Waals surface area contributed by atoms with E-state index in [4.69, 9.17) is 0 Å². The minimum Gasteiger partial charge on any atom is -0.313 e. The maximum absolute atomic E-state index is 12.8. The van der Waals surface area contributed by atoms with E-state index >= 15 is 0 Å². The van der Waals surface area contributed by atoms with Gasteiger partial charge in [-0.3, -0.25) is 0 Å². The number of hydrogen-bond acceptors (Lipinski definition) is 3. The Hall–Kier alpha value is -0.170. The summed E-state index contributed by atoms with van der Waals surface area (Å²) < 4.78 is 29.0. The molecule has 0 radical (unpaired) electrons. The Labute approximate surface area is 124 Å². The molecular weight excluding hydrogens is 274 g/mol. The molecule has 0 bridgehead atoms. The van der Waals surface area contributed by atoms with Crippen LogP contribution < -0.4 is 5.32 Å². The summed E-state index contributed by atoms with van der Waals surface area (Å²) in [5.41, 5.74) is 0. The molecule has 0 aromatic heterocycles. The van der Waals surface area contributed by atoms with Gasteiger partial charge in [0.05, 0.1) is 0 Å². The molecule has 0 aromatic carbocycles. The highest BCUT2D eigenvalue weighted by Gasteiger charge is 2.30. The second-order valence-corrected chi connectivity index (χ2v) is 7.49. The van der Waals surface area contributed by atoms with Gasteiger partial charge in [0.2, 0.25) is 0 Å². The second kappa shape index (κ2) is 8.97. The van der Waals surface area contributed by atoms with Crippen LogP contribution in [0.1, 0.15) is 52.9 Å². The van der Waals surface area contributed by atoms with Gasteiger partial charge in [-0.1, -0.05) is 20.8 Å². The molecule has 1 fully saturated rings. The van der Waals surface area contributed by atoms with Crippen molar-refractivity contribution in [2.75, 3.05) is 32.7 Å². The van der Waals surface area contributed by atoms with E-state index in [1.165, 1.54) is 0 Å². The summed E-state index contributed by atoms with van der Waals surface area (Å²) >= 11 is 0. The standard InChI is InChI=1S/C14H31N3O2S/c1-4-10-16(11-5-2)20(18,19)17(12-6-3)13-14-8-7-9-15-14/h14-15H,4-13H2,1-3H3. The van der Waals surface area contributed by atoms with Crippen molar-refractivity contribution in [2.45, 2.75) is 58.9 Å². The van der Waals surface area contributed by atoms with Gasteiger partial charge in [0.25, 0.3) is 10.2 Å². The largest absolute Gasteiger partial charge is 0.313 e. The molecule has 1 unspecified atom stereocenters. The molecule has 5 nitrogen and oxygen atoms in total. The lowest BCUT2D eigenvalue weighted by Gasteiger charge is -2.31. The van der Waals surface area contributed by atoms with E-state index in [1.807, 2.05) is 20.8 Å². The first-order chi connectivity index (χ1) is 9.56. The average molecular weight is 305 g/mol. The summed E-state index contributed by atoms with van der Waals surface area (Å²) in [7, 11) is -3.31. The predicted molar refractivity (Wildman–Crippen MR) is 84.0 cm³/mol. The Kier molecular flexibility index (Phi) is 8.02. The Balaban J connectivity index is 2.78. The average Bonchev–Trinajstić information content (AvgIpc) is 2.91. The predicted octanol–water partition coefficient (Wildman–Crippen LogP) is 1.82. The van der Waals surface area contributed by atoms with Crippen LogP contribution in [-0.2, 0) is 10.2 Å². The summed E-state index contributed by atoms with van der Waals surface area (Å²) in [6.07, 6.45) is 4.81. The van der Waals surface area contributed by atoms with Crippen molar-refractivity contribution in [3.8, 4) is 0 Å². The van der Waals surface area contributed by atoms with Gasteiger partial charge < -0.3 is 5.32 Å². The molecule has 1 aliphatic heterocycles. The van der Waals surface area contributed by atoms with Crippen molar-refractivity contribution < 1.29 is 8.42 Å². The summed E-state index contributed by atoms with van der Waals surface area (Å²) in [6, 6.07) is 0.321. The van der Waals surface area contributed by atoms with Gasteiger partial charge in [-0.25, -0.2) is 0 Å². The van der Waals surface area contributed by atoms with Crippen LogP contribution in [0.25, 0.3) is 0 Å². The summed E-state index contributed by atoms with van der Waals surface area (Å²) in [6.45, 7) is 9.57. The smallest absolute Gasteiger partial charge is 0.282 e. The van der Waals surface area contributed by atoms with Crippen LogP contribution in [0.5, 0.6) is 0 Å². The van der Waals surface area contributed by atoms with Crippen LogP contribution in [0.15, 0.2) is 0 Å². The lowest BCUT2D eigenvalue weighted by atomic mass is 10.2. The van der Waals surface area contributed by atoms with E-state index in [1.54, 1.807) is 8.61 Å². The molecule has 1 heterocycles. The van der Waals surface area contributed by atoms with E-state index in [0.717, 1.165) is 38.6 Å². The minimum atomic E-state index is -3.31. The molecule has 120 valence electrons. The zero-order chi connectivity index (χ0) is 15.0. The monoisotopic (exact) mass is 305 g/mol. The molecule has 1 rings (SSSR count). The van der Waals surface area contributed by atoms with Crippen molar-refractivity contribution in [1.29, 1.82) is 0 Å². The van der Waals surface area contributed by atoms with Gasteiger partial charge >= 0.3 is 0 Å². The molecule has 20 heavy (non-hydrogen) atoms. The Morgan fingerprint density at radius 1 is 1.00 bits per heavy atom. The summed E-state index contributed by atoms with van der Waals surface area (Å²) in [4.78, 5) is 0. The normalized spacial score (nSPS) is 20.1. The van der Waals surface area contributed by atoms with Gasteiger partial charge in [-0.15, -0.1) is 0 Å². The minimum absolute atomic E-state index is 0.321. The summed E-state index contributed by atoms with van der Waals surface area (Å²) in [5, 5.41) is 3.40. The number of hydrogen-bond donors (Lipinski definition) is 1. The fourth-order valence-corrected chi connectivity index (χ4v) is 4.65. The molecule has 0 aliphatic carbocycles. The molecule has 1 aliphatic rings. The van der Waals surface area contributed by atoms with Crippen molar-refractivity contribution in [1.82, 2.24) is 13.9 Å². The van der Waals surface area contributed by atoms with Crippen molar-refractivity contribution in [3.63, 3.8) is 0 Å². The SMILES string of the molecule is CCCN(CCC)S(=O)(=O)N(CCC)CC1CCCN1. The molecule has 1 saturated heterocycles. The van der Waals surface area contributed by atoms with Gasteiger partial charge in [-0.05, 0) is 38.6 Å². The van der Waals surface area contributed by atoms with Crippen LogP contribution >= 0.6 is 0 Å². The lowest BCUT2D eigenvalue weighted by Crippen LogP contribution is -2.48. The molecule has 0 spiro atoms. The second-order valence-electron chi connectivity index (χ2n) is 5.56. The van der Waals surface area contributed by atoms with Gasteiger partial charge in [0.1, 0.15) is 0 Å². The van der Waals surface area contributed by atoms with E-state index in [9.17, 15) is 8.42 Å². The van der Waals surface area contributed by atoms with Gasteiger partial charge in [0.15, 0.2) is 0 Å². The first-order valence-electron chi connectivity index (χ1n) is 8.04. The Morgan fingerprint density at radius 3 is 2.00 bits per heavy atom. The van der Waals surface area contributed by atoms with Crippen LogP contribution in [-0.4, -0.2) is 55.8 Å². The van der Waals surface area contributed by atoms with Crippen LogP contribution in [0.3, 0.4) is 0 Å². The molecule has 0 amide bonds. The number of nitrogens with zero attached hydrogens (tertiary/aromatic N) is 2. The number of nitrogens with one attached hydrogen (secondary N) is 1. The van der Waals surface area contributed by atoms with Gasteiger partial charge in [-0.2, -0.15) is 17.0 Å². The molecule has 1 N–H and O–H groups in total. The Bertz CT molecular complexity index is 347. The lowest BCUT2D eigenvalue weighted by molar-refractivity contribution is 0.316. The third kappa shape index (κ3) is 4.98. The third-order valence-electron chi connectivity index (χ3n) is 3.66. The zero-order valence-electron chi connectivity index (χ0n) is 13.3. The maximum Gasteiger partial charge on any atom is 0.282 e. The first kappa shape index (κ1) is 17.9. The van der Waals surface area contributed by atoms with Crippen LogP contribution in [0.2, 0.25) is 0 Å². The van der Waals surface area contributed by atoms with Crippen LogP contribution in [0.4, 0.5) is 0 Å². The van der Waals surface area contributed by atoms with Gasteiger partial charge in [0, 0.05) is 32.2 Å². The first-order valence-corrected chi connectivity index (χ1v) is 9.44. The van der Waals surface area contributed by atoms with Crippen molar-refractivity contribution in [2.24, 2.45) is 0 Å². The van der Waals surface area contributed by atoms with E-state index < -0.39 is 10.2 Å². The molecule has 6 heteroatoms. The van der Waals surface area contributed by atoms with E-state index in [0.29, 0.717) is 32.2 Å². The zero-order valence-corrected chi connectivity index (χ0v) is 14.1. The highest BCUT2D eigenvalue weighted by molar-refractivity contribution is 7.86. The van der Waals surface area contributed by atoms with Crippen LogP contribution in [0, 0.1) is 0 Å². The highest BCUT2D eigenvalue weighted by atomic mass is 32.2. The molecule has 0 saturated carbocycles. The van der Waals surface area contributed by atoms with Crippen molar-refractivity contribution in [3.05, 3.63) is 0 Å². The third-order valence-corrected chi connectivity index (χ3v) is 5.66.